The fraction of sp³-hybridized carbons (Fsp3) is 0.667. The van der Waals surface area contributed by atoms with Crippen molar-refractivity contribution in [1.82, 2.24) is 5.32 Å². The van der Waals surface area contributed by atoms with Crippen LogP contribution in [-0.2, 0) is 4.74 Å². The summed E-state index contributed by atoms with van der Waals surface area (Å²) in [4.78, 5) is 0. The van der Waals surface area contributed by atoms with E-state index >= 15 is 0 Å². The van der Waals surface area contributed by atoms with Gasteiger partial charge >= 0.3 is 0 Å². The zero-order valence-corrected chi connectivity index (χ0v) is 13.6. The molecule has 1 N–H and O–H groups in total. The number of rotatable bonds is 6. The second kappa shape index (κ2) is 6.28. The Balaban J connectivity index is 2.02. The molecule has 0 amide bonds. The van der Waals surface area contributed by atoms with Gasteiger partial charge in [-0.25, -0.2) is 0 Å². The number of hydrogen-bond donors (Lipinski definition) is 1. The van der Waals surface area contributed by atoms with E-state index in [1.165, 1.54) is 11.1 Å². The highest BCUT2D eigenvalue weighted by Gasteiger charge is 2.51. The lowest BCUT2D eigenvalue weighted by Gasteiger charge is -2.54. The van der Waals surface area contributed by atoms with Crippen LogP contribution in [0.3, 0.4) is 0 Å². The molecule has 0 aliphatic heterocycles. The predicted molar refractivity (Wildman–Crippen MR) is 84.9 cm³/mol. The van der Waals surface area contributed by atoms with Gasteiger partial charge in [0.05, 0.1) is 6.10 Å². The minimum atomic E-state index is 0.271. The quantitative estimate of drug-likeness (QED) is 0.838. The van der Waals surface area contributed by atoms with Crippen LogP contribution in [0.5, 0.6) is 0 Å². The molecule has 3 unspecified atom stereocenters. The zero-order valence-electron chi connectivity index (χ0n) is 13.6. The minimum absolute atomic E-state index is 0.271. The Hall–Kier alpha value is -0.860. The third kappa shape index (κ3) is 2.77. The molecular weight excluding hydrogens is 246 g/mol. The highest BCUT2D eigenvalue weighted by molar-refractivity contribution is 5.28. The maximum atomic E-state index is 5.89. The maximum absolute atomic E-state index is 5.89. The van der Waals surface area contributed by atoms with E-state index in [-0.39, 0.29) is 5.41 Å². The van der Waals surface area contributed by atoms with Gasteiger partial charge in [0.1, 0.15) is 0 Å². The van der Waals surface area contributed by atoms with E-state index in [4.69, 9.17) is 4.74 Å². The summed E-state index contributed by atoms with van der Waals surface area (Å²) in [7, 11) is 0. The van der Waals surface area contributed by atoms with Crippen LogP contribution in [0.15, 0.2) is 24.3 Å². The lowest BCUT2D eigenvalue weighted by atomic mass is 9.61. The Morgan fingerprint density at radius 2 is 2.05 bits per heavy atom. The molecule has 112 valence electrons. The normalized spacial score (nSPS) is 30.9. The number of aryl methyl sites for hydroxylation is 1. The van der Waals surface area contributed by atoms with Crippen LogP contribution in [0.1, 0.15) is 57.7 Å². The number of ether oxygens (including phenoxy) is 1. The van der Waals surface area contributed by atoms with E-state index in [1.54, 1.807) is 0 Å². The first-order valence-electron chi connectivity index (χ1n) is 7.96. The fourth-order valence-electron chi connectivity index (χ4n) is 3.47. The third-order valence-corrected chi connectivity index (χ3v) is 5.22. The van der Waals surface area contributed by atoms with Crippen LogP contribution in [-0.4, -0.2) is 18.8 Å². The van der Waals surface area contributed by atoms with E-state index in [2.05, 4.69) is 64.2 Å². The Labute approximate surface area is 123 Å². The van der Waals surface area contributed by atoms with Crippen LogP contribution >= 0.6 is 0 Å². The summed E-state index contributed by atoms with van der Waals surface area (Å²) in [5.41, 5.74) is 3.05. The Morgan fingerprint density at radius 1 is 1.35 bits per heavy atom. The monoisotopic (exact) mass is 275 g/mol. The first-order chi connectivity index (χ1) is 9.52. The lowest BCUT2D eigenvalue weighted by Crippen LogP contribution is -2.62. The van der Waals surface area contributed by atoms with Crippen molar-refractivity contribution >= 4 is 0 Å². The van der Waals surface area contributed by atoms with Gasteiger partial charge in [0.15, 0.2) is 0 Å². The molecule has 4 atom stereocenters. The summed E-state index contributed by atoms with van der Waals surface area (Å²) in [5.74, 6) is 0. The molecule has 1 aromatic carbocycles. The maximum Gasteiger partial charge on any atom is 0.0658 e. The molecule has 2 rings (SSSR count). The molecule has 2 nitrogen and oxygen atoms in total. The van der Waals surface area contributed by atoms with E-state index < -0.39 is 0 Å². The van der Waals surface area contributed by atoms with Gasteiger partial charge in [-0.3, -0.25) is 0 Å². The molecule has 0 spiro atoms. The van der Waals surface area contributed by atoms with Crippen molar-refractivity contribution in [2.24, 2.45) is 5.41 Å². The lowest BCUT2D eigenvalue weighted by molar-refractivity contribution is -0.127. The molecule has 2 heteroatoms. The minimum Gasteiger partial charge on any atom is -0.378 e. The predicted octanol–water partition coefficient (Wildman–Crippen LogP) is 4.24. The van der Waals surface area contributed by atoms with Crippen molar-refractivity contribution in [3.8, 4) is 0 Å². The van der Waals surface area contributed by atoms with Crippen molar-refractivity contribution in [3.05, 3.63) is 35.4 Å². The van der Waals surface area contributed by atoms with Gasteiger partial charge in [-0.15, -0.1) is 0 Å². The van der Waals surface area contributed by atoms with Crippen LogP contribution in [0.25, 0.3) is 0 Å². The van der Waals surface area contributed by atoms with Crippen molar-refractivity contribution in [3.63, 3.8) is 0 Å². The van der Waals surface area contributed by atoms with E-state index in [0.717, 1.165) is 19.4 Å². The summed E-state index contributed by atoms with van der Waals surface area (Å²) < 4.78 is 5.89. The first-order valence-corrected chi connectivity index (χ1v) is 7.96. The van der Waals surface area contributed by atoms with Crippen LogP contribution < -0.4 is 5.32 Å². The summed E-state index contributed by atoms with van der Waals surface area (Å²) >= 11 is 0. The summed E-state index contributed by atoms with van der Waals surface area (Å²) in [5, 5.41) is 3.82. The molecule has 1 aliphatic carbocycles. The molecule has 1 aromatic rings. The summed E-state index contributed by atoms with van der Waals surface area (Å²) in [6.07, 6.45) is 2.71. The van der Waals surface area contributed by atoms with Gasteiger partial charge in [-0.2, -0.15) is 0 Å². The Kier molecular flexibility index (Phi) is 4.87. The van der Waals surface area contributed by atoms with Gasteiger partial charge in [0, 0.05) is 24.1 Å². The fourth-order valence-corrected chi connectivity index (χ4v) is 3.47. The topological polar surface area (TPSA) is 21.3 Å². The van der Waals surface area contributed by atoms with Crippen molar-refractivity contribution in [2.45, 2.75) is 65.6 Å². The highest BCUT2D eigenvalue weighted by Crippen LogP contribution is 2.46. The first kappa shape index (κ1) is 15.5. The molecule has 0 heterocycles. The molecule has 0 radical (unpaired) electrons. The molecule has 0 bridgehead atoms. The molecule has 1 fully saturated rings. The van der Waals surface area contributed by atoms with Gasteiger partial charge in [-0.05, 0) is 44.7 Å². The second-order valence-electron chi connectivity index (χ2n) is 6.34. The van der Waals surface area contributed by atoms with Crippen molar-refractivity contribution in [2.75, 3.05) is 6.61 Å². The zero-order chi connectivity index (χ0) is 14.8. The summed E-state index contributed by atoms with van der Waals surface area (Å²) in [6.45, 7) is 12.0. The smallest absolute Gasteiger partial charge is 0.0658 e. The molecule has 1 saturated carbocycles. The van der Waals surface area contributed by atoms with Gasteiger partial charge in [0.2, 0.25) is 0 Å². The van der Waals surface area contributed by atoms with Gasteiger partial charge < -0.3 is 10.1 Å². The Bertz CT molecular complexity index is 445. The molecule has 0 saturated heterocycles. The molecular formula is C18H29NO. The number of nitrogens with one attached hydrogen (secondary N) is 1. The molecule has 0 aromatic heterocycles. The summed E-state index contributed by atoms with van der Waals surface area (Å²) in [6, 6.07) is 9.61. The van der Waals surface area contributed by atoms with Crippen LogP contribution in [0.2, 0.25) is 0 Å². The van der Waals surface area contributed by atoms with Gasteiger partial charge in [0.25, 0.3) is 0 Å². The third-order valence-electron chi connectivity index (χ3n) is 5.22. The SMILES string of the molecule is CCOC1CC(N[C@H](C)c2ccccc2C)C1(C)CC. The number of hydrogen-bond acceptors (Lipinski definition) is 2. The second-order valence-corrected chi connectivity index (χ2v) is 6.34. The number of benzene rings is 1. The molecule has 20 heavy (non-hydrogen) atoms. The Morgan fingerprint density at radius 3 is 2.65 bits per heavy atom. The average Bonchev–Trinajstić information content (AvgIpc) is 2.45. The van der Waals surface area contributed by atoms with Crippen molar-refractivity contribution in [1.29, 1.82) is 0 Å². The van der Waals surface area contributed by atoms with E-state index in [0.29, 0.717) is 18.2 Å². The van der Waals surface area contributed by atoms with E-state index in [9.17, 15) is 0 Å². The van der Waals surface area contributed by atoms with Gasteiger partial charge in [-0.1, -0.05) is 38.1 Å². The molecule has 1 aliphatic rings. The average molecular weight is 275 g/mol. The standard InChI is InChI=1S/C18H29NO/c1-6-18(5)16(12-17(18)20-7-2)19-14(4)15-11-9-8-10-13(15)3/h8-11,14,16-17,19H,6-7,12H2,1-5H3/t14-,16?,17?,18?/m1/s1. The van der Waals surface area contributed by atoms with Crippen LogP contribution in [0, 0.1) is 12.3 Å². The van der Waals surface area contributed by atoms with E-state index in [1.807, 2.05) is 0 Å². The largest absolute Gasteiger partial charge is 0.378 e. The van der Waals surface area contributed by atoms with Crippen molar-refractivity contribution < 1.29 is 4.74 Å². The highest BCUT2D eigenvalue weighted by atomic mass is 16.5. The van der Waals surface area contributed by atoms with Crippen LogP contribution in [0.4, 0.5) is 0 Å².